The smallest absolute Gasteiger partial charge is 0.266 e. The molecule has 1 fully saturated rings. The molecule has 2 aliphatic rings. The maximum atomic E-state index is 13.8. The van der Waals surface area contributed by atoms with E-state index in [1.165, 1.54) is 21.5 Å². The highest BCUT2D eigenvalue weighted by Gasteiger charge is 2.25. The third-order valence-electron chi connectivity index (χ3n) is 6.72. The molecule has 1 saturated heterocycles. The van der Waals surface area contributed by atoms with Crippen LogP contribution in [0.3, 0.4) is 0 Å². The number of phenols is 1. The first kappa shape index (κ1) is 20.4. The van der Waals surface area contributed by atoms with Gasteiger partial charge in [0.25, 0.3) is 5.56 Å². The van der Waals surface area contributed by atoms with Crippen LogP contribution in [-0.2, 0) is 12.8 Å². The van der Waals surface area contributed by atoms with Crippen LogP contribution >= 0.6 is 11.3 Å². The number of nitrogens with zero attached hydrogens (tertiary/aromatic N) is 3. The van der Waals surface area contributed by atoms with Crippen LogP contribution < -0.4 is 10.5 Å². The van der Waals surface area contributed by atoms with Crippen molar-refractivity contribution in [3.8, 4) is 5.75 Å². The van der Waals surface area contributed by atoms with Gasteiger partial charge in [-0.2, -0.15) is 0 Å². The summed E-state index contributed by atoms with van der Waals surface area (Å²) in [6.45, 7) is 1.63. The zero-order valence-corrected chi connectivity index (χ0v) is 18.8. The first-order chi connectivity index (χ1) is 16.0. The van der Waals surface area contributed by atoms with Crippen molar-refractivity contribution in [2.45, 2.75) is 38.5 Å². The van der Waals surface area contributed by atoms with Gasteiger partial charge in [0.1, 0.15) is 16.4 Å². The molecule has 0 saturated carbocycles. The normalized spacial score (nSPS) is 16.0. The Bertz CT molecular complexity index is 1500. The third-order valence-corrected chi connectivity index (χ3v) is 7.91. The van der Waals surface area contributed by atoms with Gasteiger partial charge in [-0.15, -0.1) is 11.3 Å². The number of hydrogen-bond acceptors (Lipinski definition) is 6. The Hall–Kier alpha value is -3.26. The Labute approximate surface area is 192 Å². The lowest BCUT2D eigenvalue weighted by molar-refractivity contribution is 0.103. The van der Waals surface area contributed by atoms with Gasteiger partial charge in [-0.1, -0.05) is 0 Å². The zero-order chi connectivity index (χ0) is 22.7. The third kappa shape index (κ3) is 3.23. The molecule has 0 bridgehead atoms. The fourth-order valence-electron chi connectivity index (χ4n) is 5.07. The van der Waals surface area contributed by atoms with E-state index >= 15 is 0 Å². The Morgan fingerprint density at radius 3 is 2.70 bits per heavy atom. The summed E-state index contributed by atoms with van der Waals surface area (Å²) in [6, 6.07) is 5.02. The quantitative estimate of drug-likeness (QED) is 0.454. The number of thiophene rings is 1. The summed E-state index contributed by atoms with van der Waals surface area (Å²) >= 11 is 1.61. The van der Waals surface area contributed by atoms with Crippen molar-refractivity contribution in [1.29, 1.82) is 0 Å². The molecule has 1 aliphatic heterocycles. The van der Waals surface area contributed by atoms with E-state index in [0.717, 1.165) is 79.8 Å². The highest BCUT2D eigenvalue weighted by Crippen LogP contribution is 2.35. The van der Waals surface area contributed by atoms with Gasteiger partial charge in [-0.25, -0.2) is 9.37 Å². The number of rotatable bonds is 3. The molecule has 0 unspecified atom stereocenters. The molecule has 1 aromatic carbocycles. The maximum absolute atomic E-state index is 13.8. The van der Waals surface area contributed by atoms with Crippen molar-refractivity contribution in [2.24, 2.45) is 0 Å². The number of phenolic OH excluding ortho intramolecular Hbond substituents is 1. The average molecular weight is 464 g/mol. The van der Waals surface area contributed by atoms with Gasteiger partial charge in [0.15, 0.2) is 11.4 Å². The predicted molar refractivity (Wildman–Crippen MR) is 126 cm³/mol. The average Bonchev–Trinajstić information content (AvgIpc) is 3.48. The monoisotopic (exact) mass is 463 g/mol. The molecule has 1 N–H and O–H groups in total. The molecule has 8 heteroatoms. The fraction of sp³-hybridized carbons (Fsp3) is 0.320. The SMILES string of the molecule is O=C(c1cc(N2CCCC2)c2nc3sc4c(c3c(=O)n2c1)CCCC4)c1cc(F)ccc1O. The summed E-state index contributed by atoms with van der Waals surface area (Å²) in [4.78, 5) is 36.1. The minimum atomic E-state index is -0.609. The van der Waals surface area contributed by atoms with Gasteiger partial charge >= 0.3 is 0 Å². The lowest BCUT2D eigenvalue weighted by Crippen LogP contribution is -2.24. The van der Waals surface area contributed by atoms with Gasteiger partial charge in [0.2, 0.25) is 0 Å². The number of aromatic nitrogens is 2. The molecule has 168 valence electrons. The fourth-order valence-corrected chi connectivity index (χ4v) is 6.32. The van der Waals surface area contributed by atoms with Crippen LogP contribution in [0.5, 0.6) is 5.75 Å². The highest BCUT2D eigenvalue weighted by molar-refractivity contribution is 7.18. The van der Waals surface area contributed by atoms with Gasteiger partial charge in [0.05, 0.1) is 16.6 Å². The van der Waals surface area contributed by atoms with Gasteiger partial charge < -0.3 is 10.0 Å². The number of hydrogen-bond donors (Lipinski definition) is 1. The standard InChI is InChI=1S/C25H22FN3O3S/c26-15-7-8-19(30)17(12-15)22(31)14-11-18(28-9-3-4-10-28)23-27-24-21(25(32)29(23)13-14)16-5-1-2-6-20(16)33-24/h7-8,11-13,30H,1-6,9-10H2. The van der Waals surface area contributed by atoms with Crippen molar-refractivity contribution in [2.75, 3.05) is 18.0 Å². The summed E-state index contributed by atoms with van der Waals surface area (Å²) in [5.41, 5.74) is 2.27. The van der Waals surface area contributed by atoms with Crippen LogP contribution in [0.2, 0.25) is 0 Å². The van der Waals surface area contributed by atoms with Gasteiger partial charge in [0, 0.05) is 29.7 Å². The number of benzene rings is 1. The first-order valence-electron chi connectivity index (χ1n) is 11.3. The van der Waals surface area contributed by atoms with E-state index in [1.807, 2.05) is 0 Å². The Morgan fingerprint density at radius 1 is 1.09 bits per heavy atom. The molecule has 3 aromatic heterocycles. The van der Waals surface area contributed by atoms with E-state index in [0.29, 0.717) is 11.0 Å². The van der Waals surface area contributed by atoms with Crippen molar-refractivity contribution in [3.05, 3.63) is 68.2 Å². The van der Waals surface area contributed by atoms with Gasteiger partial charge in [-0.05, 0) is 68.4 Å². The summed E-state index contributed by atoms with van der Waals surface area (Å²) in [5.74, 6) is -1.44. The molecule has 4 aromatic rings. The summed E-state index contributed by atoms with van der Waals surface area (Å²) in [5, 5.41) is 10.8. The minimum absolute atomic E-state index is 0.128. The van der Waals surface area contributed by atoms with Crippen molar-refractivity contribution in [1.82, 2.24) is 9.38 Å². The van der Waals surface area contributed by atoms with E-state index in [9.17, 15) is 19.1 Å². The Kier molecular flexibility index (Phi) is 4.72. The van der Waals surface area contributed by atoms with Gasteiger partial charge in [-0.3, -0.25) is 14.0 Å². The van der Waals surface area contributed by atoms with Crippen molar-refractivity contribution >= 4 is 38.7 Å². The number of aryl methyl sites for hydroxylation is 2. The first-order valence-corrected chi connectivity index (χ1v) is 12.1. The van der Waals surface area contributed by atoms with Crippen LogP contribution in [0.25, 0.3) is 15.9 Å². The zero-order valence-electron chi connectivity index (χ0n) is 17.9. The van der Waals surface area contributed by atoms with Crippen LogP contribution in [-0.4, -0.2) is 33.4 Å². The number of anilines is 1. The van der Waals surface area contributed by atoms with E-state index in [-0.39, 0.29) is 22.4 Å². The Morgan fingerprint density at radius 2 is 1.88 bits per heavy atom. The topological polar surface area (TPSA) is 74.9 Å². The van der Waals surface area contributed by atoms with Crippen LogP contribution in [0.1, 0.15) is 52.0 Å². The molecular weight excluding hydrogens is 441 g/mol. The molecule has 0 atom stereocenters. The van der Waals surface area contributed by atoms with E-state index in [2.05, 4.69) is 4.90 Å². The number of carbonyl (C=O) groups is 1. The van der Waals surface area contributed by atoms with E-state index < -0.39 is 11.6 Å². The molecular formula is C25H22FN3O3S. The summed E-state index contributed by atoms with van der Waals surface area (Å²) in [7, 11) is 0. The van der Waals surface area contributed by atoms with Crippen LogP contribution in [0.15, 0.2) is 35.3 Å². The molecule has 6 rings (SSSR count). The second-order valence-corrected chi connectivity index (χ2v) is 9.88. The summed E-state index contributed by atoms with van der Waals surface area (Å²) < 4.78 is 15.3. The largest absolute Gasteiger partial charge is 0.507 e. The number of fused-ring (bicyclic) bond motifs is 4. The number of pyridine rings is 1. The lowest BCUT2D eigenvalue weighted by Gasteiger charge is -2.20. The molecule has 6 nitrogen and oxygen atoms in total. The lowest BCUT2D eigenvalue weighted by atomic mass is 9.97. The van der Waals surface area contributed by atoms with E-state index in [4.69, 9.17) is 4.98 Å². The molecule has 0 amide bonds. The van der Waals surface area contributed by atoms with E-state index in [1.54, 1.807) is 17.4 Å². The second-order valence-electron chi connectivity index (χ2n) is 8.80. The molecule has 0 radical (unpaired) electrons. The number of aromatic hydroxyl groups is 1. The minimum Gasteiger partial charge on any atom is -0.507 e. The maximum Gasteiger partial charge on any atom is 0.266 e. The van der Waals surface area contributed by atoms with Crippen LogP contribution in [0.4, 0.5) is 10.1 Å². The van der Waals surface area contributed by atoms with Crippen molar-refractivity contribution < 1.29 is 14.3 Å². The summed E-state index contributed by atoms with van der Waals surface area (Å²) in [6.07, 6.45) is 7.55. The highest BCUT2D eigenvalue weighted by atomic mass is 32.1. The number of carbonyl (C=O) groups excluding carboxylic acids is 1. The number of halogens is 1. The predicted octanol–water partition coefficient (Wildman–Crippen LogP) is 4.46. The second kappa shape index (κ2) is 7.66. The molecule has 1 aliphatic carbocycles. The number of ketones is 1. The van der Waals surface area contributed by atoms with Crippen LogP contribution in [0, 0.1) is 5.82 Å². The molecule has 33 heavy (non-hydrogen) atoms. The molecule has 0 spiro atoms. The van der Waals surface area contributed by atoms with Crippen molar-refractivity contribution in [3.63, 3.8) is 0 Å². The Balaban J connectivity index is 1.63. The molecule has 4 heterocycles.